The lowest BCUT2D eigenvalue weighted by Gasteiger charge is -2.24. The van der Waals surface area contributed by atoms with Gasteiger partial charge in [0.1, 0.15) is 0 Å². The summed E-state index contributed by atoms with van der Waals surface area (Å²) in [5, 5.41) is 8.67. The van der Waals surface area contributed by atoms with Crippen molar-refractivity contribution in [2.45, 2.75) is 20.8 Å². The van der Waals surface area contributed by atoms with Crippen LogP contribution in [-0.4, -0.2) is 31.1 Å². The Hall–Kier alpha value is -0.590. The second-order valence-electron chi connectivity index (χ2n) is 3.72. The Kier molecular flexibility index (Phi) is 6.56. The van der Waals surface area contributed by atoms with Gasteiger partial charge in [-0.15, -0.1) is 0 Å². The molecular weight excluding hydrogens is 162 g/mol. The minimum Gasteiger partial charge on any atom is -0.330 e. The van der Waals surface area contributed by atoms with Crippen LogP contribution in [0.3, 0.4) is 0 Å². The zero-order valence-electron chi connectivity index (χ0n) is 8.95. The topological polar surface area (TPSA) is 53.0 Å². The summed E-state index contributed by atoms with van der Waals surface area (Å²) < 4.78 is 0. The molecule has 0 aromatic carbocycles. The van der Waals surface area contributed by atoms with Crippen LogP contribution in [0, 0.1) is 23.2 Å². The summed E-state index contributed by atoms with van der Waals surface area (Å²) in [4.78, 5) is 2.28. The Morgan fingerprint density at radius 3 is 2.38 bits per heavy atom. The predicted molar refractivity (Wildman–Crippen MR) is 55.1 cm³/mol. The van der Waals surface area contributed by atoms with Crippen molar-refractivity contribution in [1.29, 1.82) is 5.26 Å². The van der Waals surface area contributed by atoms with Crippen molar-refractivity contribution < 1.29 is 0 Å². The molecule has 0 saturated carbocycles. The molecule has 0 aliphatic carbocycles. The van der Waals surface area contributed by atoms with Gasteiger partial charge in [-0.25, -0.2) is 0 Å². The number of nitrogens with zero attached hydrogens (tertiary/aromatic N) is 2. The molecule has 13 heavy (non-hydrogen) atoms. The third kappa shape index (κ3) is 5.62. The molecule has 0 saturated heterocycles. The molecule has 2 N–H and O–H groups in total. The van der Waals surface area contributed by atoms with E-state index in [1.807, 2.05) is 6.92 Å². The van der Waals surface area contributed by atoms with E-state index in [0.29, 0.717) is 5.92 Å². The van der Waals surface area contributed by atoms with Crippen molar-refractivity contribution in [3.05, 3.63) is 0 Å². The summed E-state index contributed by atoms with van der Waals surface area (Å²) in [6, 6.07) is 2.25. The van der Waals surface area contributed by atoms with Crippen molar-refractivity contribution in [2.24, 2.45) is 17.6 Å². The summed E-state index contributed by atoms with van der Waals surface area (Å²) in [7, 11) is 0. The van der Waals surface area contributed by atoms with Gasteiger partial charge in [-0.05, 0) is 25.9 Å². The van der Waals surface area contributed by atoms with Gasteiger partial charge in [-0.1, -0.05) is 13.8 Å². The Balaban J connectivity index is 3.83. The highest BCUT2D eigenvalue weighted by molar-refractivity contribution is 4.81. The fourth-order valence-corrected chi connectivity index (χ4v) is 1.28. The van der Waals surface area contributed by atoms with E-state index in [0.717, 1.165) is 26.2 Å². The van der Waals surface area contributed by atoms with Gasteiger partial charge in [0.15, 0.2) is 0 Å². The fraction of sp³-hybridized carbons (Fsp3) is 0.900. The molecule has 0 spiro atoms. The lowest BCUT2D eigenvalue weighted by Crippen LogP contribution is -2.34. The quantitative estimate of drug-likeness (QED) is 0.670. The first-order chi connectivity index (χ1) is 6.13. The zero-order valence-corrected chi connectivity index (χ0v) is 8.95. The van der Waals surface area contributed by atoms with Crippen LogP contribution in [0.4, 0.5) is 0 Å². The first-order valence-electron chi connectivity index (χ1n) is 4.96. The molecule has 2 unspecified atom stereocenters. The molecule has 0 amide bonds. The molecule has 0 aromatic rings. The number of nitrogens with two attached hydrogens (primary N) is 1. The Bertz CT molecular complexity index is 162. The van der Waals surface area contributed by atoms with E-state index < -0.39 is 0 Å². The molecule has 0 aliphatic heterocycles. The Morgan fingerprint density at radius 1 is 1.38 bits per heavy atom. The average molecular weight is 183 g/mol. The van der Waals surface area contributed by atoms with E-state index in [1.165, 1.54) is 0 Å². The fourth-order valence-electron chi connectivity index (χ4n) is 1.28. The van der Waals surface area contributed by atoms with Gasteiger partial charge in [0, 0.05) is 13.1 Å². The van der Waals surface area contributed by atoms with Crippen molar-refractivity contribution in [3.63, 3.8) is 0 Å². The SMILES string of the molecule is CCN(CC(C)C#N)CC(C)CN. The van der Waals surface area contributed by atoms with Gasteiger partial charge < -0.3 is 10.6 Å². The highest BCUT2D eigenvalue weighted by Crippen LogP contribution is 2.02. The normalized spacial score (nSPS) is 15.4. The first-order valence-corrected chi connectivity index (χ1v) is 4.96. The Morgan fingerprint density at radius 2 is 2.00 bits per heavy atom. The largest absolute Gasteiger partial charge is 0.330 e. The van der Waals surface area contributed by atoms with Gasteiger partial charge in [-0.2, -0.15) is 5.26 Å². The summed E-state index contributed by atoms with van der Waals surface area (Å²) in [6.07, 6.45) is 0. The van der Waals surface area contributed by atoms with Crippen molar-refractivity contribution in [1.82, 2.24) is 4.90 Å². The van der Waals surface area contributed by atoms with E-state index >= 15 is 0 Å². The van der Waals surface area contributed by atoms with E-state index in [2.05, 4.69) is 24.8 Å². The summed E-state index contributed by atoms with van der Waals surface area (Å²) >= 11 is 0. The van der Waals surface area contributed by atoms with Gasteiger partial charge in [0.25, 0.3) is 0 Å². The standard InChI is InChI=1S/C10H21N3/c1-4-13(7-9(2)5-11)8-10(3)6-12/h9-10H,4-5,7-8,11H2,1-3H3. The predicted octanol–water partition coefficient (Wildman–Crippen LogP) is 1.06. The van der Waals surface area contributed by atoms with Gasteiger partial charge in [-0.3, -0.25) is 0 Å². The summed E-state index contributed by atoms with van der Waals surface area (Å²) in [5.41, 5.74) is 5.55. The van der Waals surface area contributed by atoms with Crippen molar-refractivity contribution in [2.75, 3.05) is 26.2 Å². The molecule has 0 aromatic heterocycles. The first kappa shape index (κ1) is 12.4. The van der Waals surface area contributed by atoms with Gasteiger partial charge in [0.2, 0.25) is 0 Å². The highest BCUT2D eigenvalue weighted by atomic mass is 15.1. The van der Waals surface area contributed by atoms with Crippen LogP contribution in [0.5, 0.6) is 0 Å². The van der Waals surface area contributed by atoms with Crippen LogP contribution < -0.4 is 5.73 Å². The summed E-state index contributed by atoms with van der Waals surface area (Å²) in [6.45, 7) is 9.78. The smallest absolute Gasteiger partial charge is 0.0666 e. The van der Waals surface area contributed by atoms with E-state index in [9.17, 15) is 0 Å². The minimum absolute atomic E-state index is 0.116. The second-order valence-corrected chi connectivity index (χ2v) is 3.72. The van der Waals surface area contributed by atoms with Crippen LogP contribution in [0.15, 0.2) is 0 Å². The highest BCUT2D eigenvalue weighted by Gasteiger charge is 2.10. The number of hydrogen-bond acceptors (Lipinski definition) is 3. The van der Waals surface area contributed by atoms with E-state index in [-0.39, 0.29) is 5.92 Å². The lowest BCUT2D eigenvalue weighted by atomic mass is 10.1. The lowest BCUT2D eigenvalue weighted by molar-refractivity contribution is 0.235. The van der Waals surface area contributed by atoms with E-state index in [4.69, 9.17) is 11.0 Å². The van der Waals surface area contributed by atoms with Gasteiger partial charge in [0.05, 0.1) is 12.0 Å². The molecule has 0 bridgehead atoms. The second kappa shape index (κ2) is 6.88. The van der Waals surface area contributed by atoms with Crippen LogP contribution in [0.2, 0.25) is 0 Å². The van der Waals surface area contributed by atoms with Crippen LogP contribution in [0.25, 0.3) is 0 Å². The maximum atomic E-state index is 8.67. The van der Waals surface area contributed by atoms with Crippen LogP contribution >= 0.6 is 0 Å². The molecule has 2 atom stereocenters. The molecular formula is C10H21N3. The average Bonchev–Trinajstić information content (AvgIpc) is 2.16. The number of nitriles is 1. The minimum atomic E-state index is 0.116. The summed E-state index contributed by atoms with van der Waals surface area (Å²) in [5.74, 6) is 0.635. The van der Waals surface area contributed by atoms with Crippen LogP contribution in [0.1, 0.15) is 20.8 Å². The zero-order chi connectivity index (χ0) is 10.3. The number of hydrogen-bond donors (Lipinski definition) is 1. The number of rotatable bonds is 6. The molecule has 0 heterocycles. The third-order valence-electron chi connectivity index (χ3n) is 2.17. The maximum Gasteiger partial charge on any atom is 0.0666 e. The molecule has 0 rings (SSSR count). The molecule has 0 fully saturated rings. The molecule has 3 nitrogen and oxygen atoms in total. The molecule has 76 valence electrons. The van der Waals surface area contributed by atoms with Gasteiger partial charge >= 0.3 is 0 Å². The molecule has 0 aliphatic rings. The van der Waals surface area contributed by atoms with Crippen LogP contribution in [-0.2, 0) is 0 Å². The van der Waals surface area contributed by atoms with Crippen molar-refractivity contribution >= 4 is 0 Å². The molecule has 3 heteroatoms. The molecule has 0 radical (unpaired) electrons. The maximum absolute atomic E-state index is 8.67. The van der Waals surface area contributed by atoms with Crippen molar-refractivity contribution in [3.8, 4) is 6.07 Å². The third-order valence-corrected chi connectivity index (χ3v) is 2.17. The van der Waals surface area contributed by atoms with E-state index in [1.54, 1.807) is 0 Å². The monoisotopic (exact) mass is 183 g/mol. The Labute approximate surface area is 81.5 Å².